The number of pyridine rings is 1. The Morgan fingerprint density at radius 1 is 1.33 bits per heavy atom. The minimum Gasteiger partial charge on any atom is -0.466 e. The monoisotopic (exact) mass is 471 g/mol. The van der Waals surface area contributed by atoms with Crippen LogP contribution in [0.1, 0.15) is 63.8 Å². The summed E-state index contributed by atoms with van der Waals surface area (Å²) in [6.45, 7) is 10.8. The van der Waals surface area contributed by atoms with Crippen LogP contribution in [-0.2, 0) is 11.2 Å². The number of aryl methyl sites for hydroxylation is 2. The lowest BCUT2D eigenvalue weighted by molar-refractivity contribution is 0.0196. The van der Waals surface area contributed by atoms with E-state index in [4.69, 9.17) is 30.8 Å². The lowest BCUT2D eigenvalue weighted by Gasteiger charge is -2.33. The van der Waals surface area contributed by atoms with Gasteiger partial charge in [-0.3, -0.25) is 0 Å². The van der Waals surface area contributed by atoms with Crippen molar-refractivity contribution in [2.24, 2.45) is 0 Å². The van der Waals surface area contributed by atoms with E-state index in [0.717, 1.165) is 42.0 Å². The maximum absolute atomic E-state index is 12.6. The average Bonchev–Trinajstić information content (AvgIpc) is 3.36. The summed E-state index contributed by atoms with van der Waals surface area (Å²) < 4.78 is 13.3. The van der Waals surface area contributed by atoms with Gasteiger partial charge in [0.15, 0.2) is 11.6 Å². The van der Waals surface area contributed by atoms with E-state index in [1.54, 1.807) is 21.8 Å². The van der Waals surface area contributed by atoms with Gasteiger partial charge in [0.2, 0.25) is 0 Å². The Hall–Kier alpha value is -2.87. The van der Waals surface area contributed by atoms with Crippen molar-refractivity contribution in [2.75, 3.05) is 13.1 Å². The lowest BCUT2D eigenvalue weighted by atomic mass is 9.98. The van der Waals surface area contributed by atoms with E-state index in [0.29, 0.717) is 29.9 Å². The van der Waals surface area contributed by atoms with Gasteiger partial charge >= 0.3 is 6.09 Å². The summed E-state index contributed by atoms with van der Waals surface area (Å²) in [7, 11) is 0. The van der Waals surface area contributed by atoms with Gasteiger partial charge < -0.3 is 14.1 Å². The number of ether oxygens (including phenoxy) is 1. The van der Waals surface area contributed by atoms with Crippen LogP contribution in [0.15, 0.2) is 28.8 Å². The summed E-state index contributed by atoms with van der Waals surface area (Å²) in [5, 5.41) is 5.24. The van der Waals surface area contributed by atoms with Crippen molar-refractivity contribution in [1.29, 1.82) is 0 Å². The first-order valence-corrected chi connectivity index (χ1v) is 11.7. The van der Waals surface area contributed by atoms with Crippen molar-refractivity contribution in [2.45, 2.75) is 65.4 Å². The number of rotatable bonds is 4. The van der Waals surface area contributed by atoms with Crippen molar-refractivity contribution in [3.05, 3.63) is 46.9 Å². The van der Waals surface area contributed by atoms with Gasteiger partial charge in [-0.2, -0.15) is 5.10 Å². The predicted molar refractivity (Wildman–Crippen MR) is 126 cm³/mol. The molecule has 8 nitrogen and oxygen atoms in total. The number of furan rings is 1. The predicted octanol–water partition coefficient (Wildman–Crippen LogP) is 5.56. The second-order valence-corrected chi connectivity index (χ2v) is 9.73. The second-order valence-electron chi connectivity index (χ2n) is 9.34. The van der Waals surface area contributed by atoms with E-state index in [1.165, 1.54) is 0 Å². The molecule has 0 radical (unpaired) electrons. The molecule has 0 aliphatic carbocycles. The van der Waals surface area contributed by atoms with Gasteiger partial charge in [0.1, 0.15) is 22.3 Å². The summed E-state index contributed by atoms with van der Waals surface area (Å²) in [4.78, 5) is 23.4. The molecule has 1 aliphatic rings. The van der Waals surface area contributed by atoms with Crippen LogP contribution in [0.2, 0.25) is 5.15 Å². The highest BCUT2D eigenvalue weighted by Crippen LogP contribution is 2.32. The molecule has 1 amide bonds. The van der Waals surface area contributed by atoms with Gasteiger partial charge in [0.25, 0.3) is 0 Å². The fourth-order valence-electron chi connectivity index (χ4n) is 4.00. The number of hydrogen-bond donors (Lipinski definition) is 0. The van der Waals surface area contributed by atoms with E-state index in [1.807, 2.05) is 46.8 Å². The van der Waals surface area contributed by atoms with Crippen LogP contribution in [0.4, 0.5) is 4.79 Å². The van der Waals surface area contributed by atoms with Crippen molar-refractivity contribution in [3.8, 4) is 17.1 Å². The Kier molecular flexibility index (Phi) is 6.47. The van der Waals surface area contributed by atoms with Crippen molar-refractivity contribution in [1.82, 2.24) is 24.6 Å². The number of carbonyl (C=O) groups is 1. The molecular formula is C24H30ClN5O3. The molecule has 4 rings (SSSR count). The molecule has 0 saturated carbocycles. The number of hydrogen-bond acceptors (Lipinski definition) is 6. The molecule has 0 N–H and O–H groups in total. The molecule has 1 saturated heterocycles. The fraction of sp³-hybridized carbons (Fsp3) is 0.500. The van der Waals surface area contributed by atoms with Gasteiger partial charge in [-0.1, -0.05) is 18.5 Å². The molecule has 3 aromatic heterocycles. The second kappa shape index (κ2) is 9.17. The average molecular weight is 472 g/mol. The van der Waals surface area contributed by atoms with Crippen LogP contribution in [0.5, 0.6) is 0 Å². The number of nitrogens with zero attached hydrogens (tertiary/aromatic N) is 5. The molecule has 0 aromatic carbocycles. The molecule has 176 valence electrons. The van der Waals surface area contributed by atoms with Crippen LogP contribution in [0.3, 0.4) is 0 Å². The van der Waals surface area contributed by atoms with E-state index < -0.39 is 5.60 Å². The van der Waals surface area contributed by atoms with Crippen molar-refractivity contribution < 1.29 is 13.9 Å². The number of carbonyl (C=O) groups excluding carboxylic acids is 1. The summed E-state index contributed by atoms with van der Waals surface area (Å²) in [6, 6.07) is 5.61. The third-order valence-electron chi connectivity index (χ3n) is 5.57. The maximum atomic E-state index is 12.6. The Morgan fingerprint density at radius 3 is 2.79 bits per heavy atom. The largest absolute Gasteiger partial charge is 0.466 e. The van der Waals surface area contributed by atoms with Gasteiger partial charge in [-0.05, 0) is 52.7 Å². The molecule has 1 aliphatic heterocycles. The minimum absolute atomic E-state index is 0.00132. The summed E-state index contributed by atoms with van der Waals surface area (Å²) in [5.74, 6) is 3.04. The molecule has 33 heavy (non-hydrogen) atoms. The number of halogens is 1. The Bertz CT molecular complexity index is 1150. The van der Waals surface area contributed by atoms with Gasteiger partial charge in [-0.15, -0.1) is 0 Å². The number of likely N-dealkylation sites (tertiary alicyclic amines) is 1. The third kappa shape index (κ3) is 5.21. The minimum atomic E-state index is -0.534. The normalized spacial score (nSPS) is 16.8. The van der Waals surface area contributed by atoms with E-state index >= 15 is 0 Å². The summed E-state index contributed by atoms with van der Waals surface area (Å²) >= 11 is 6.16. The molecule has 0 spiro atoms. The van der Waals surface area contributed by atoms with Crippen LogP contribution in [0, 0.1) is 6.92 Å². The first kappa shape index (κ1) is 23.3. The smallest absolute Gasteiger partial charge is 0.410 e. The highest BCUT2D eigenvalue weighted by atomic mass is 35.5. The molecule has 0 bridgehead atoms. The Morgan fingerprint density at radius 2 is 2.12 bits per heavy atom. The molecule has 3 aromatic rings. The zero-order chi connectivity index (χ0) is 23.8. The zero-order valence-corrected chi connectivity index (χ0v) is 20.5. The van der Waals surface area contributed by atoms with Crippen LogP contribution < -0.4 is 0 Å². The zero-order valence-electron chi connectivity index (χ0n) is 19.8. The quantitative estimate of drug-likeness (QED) is 0.463. The summed E-state index contributed by atoms with van der Waals surface area (Å²) in [6.07, 6.45) is 3.89. The Balaban J connectivity index is 1.70. The van der Waals surface area contributed by atoms with E-state index in [-0.39, 0.29) is 12.0 Å². The number of piperidine rings is 1. The molecular weight excluding hydrogens is 442 g/mol. The van der Waals surface area contributed by atoms with E-state index in [2.05, 4.69) is 4.98 Å². The first-order valence-electron chi connectivity index (χ1n) is 11.3. The van der Waals surface area contributed by atoms with Crippen molar-refractivity contribution >= 4 is 17.7 Å². The maximum Gasteiger partial charge on any atom is 0.410 e. The summed E-state index contributed by atoms with van der Waals surface area (Å²) in [5.41, 5.74) is 1.12. The molecule has 1 atom stereocenters. The van der Waals surface area contributed by atoms with Gasteiger partial charge in [0.05, 0.1) is 11.3 Å². The number of amides is 1. The van der Waals surface area contributed by atoms with Crippen LogP contribution in [0.25, 0.3) is 17.1 Å². The highest BCUT2D eigenvalue weighted by molar-refractivity contribution is 6.29. The fourth-order valence-corrected chi connectivity index (χ4v) is 4.17. The number of aromatic nitrogens is 4. The van der Waals surface area contributed by atoms with Crippen LogP contribution in [-0.4, -0.2) is 49.4 Å². The van der Waals surface area contributed by atoms with Gasteiger partial charge in [-0.25, -0.2) is 19.4 Å². The van der Waals surface area contributed by atoms with E-state index in [9.17, 15) is 4.79 Å². The Labute approximate surface area is 198 Å². The van der Waals surface area contributed by atoms with Crippen LogP contribution >= 0.6 is 11.6 Å². The lowest BCUT2D eigenvalue weighted by Crippen LogP contribution is -2.42. The SMILES string of the molecule is CCc1cc(-c2nc(C3CCCN(C(=O)OC(C)(C)C)C3)nn2-c2ccnc(Cl)c2)c(C)o1. The molecule has 1 unspecified atom stereocenters. The van der Waals surface area contributed by atoms with Gasteiger partial charge in [0, 0.05) is 37.7 Å². The topological polar surface area (TPSA) is 86.3 Å². The molecule has 1 fully saturated rings. The molecule has 4 heterocycles. The van der Waals surface area contributed by atoms with Crippen molar-refractivity contribution in [3.63, 3.8) is 0 Å². The molecule has 9 heteroatoms. The first-order chi connectivity index (χ1) is 15.6. The standard InChI is InChI=1S/C24H30ClN5O3/c1-6-18-13-19(15(2)32-18)22-27-21(28-30(22)17-9-10-26-20(25)12-17)16-8-7-11-29(14-16)23(31)33-24(3,4)5/h9-10,12-13,16H,6-8,11,14H2,1-5H3. The third-order valence-corrected chi connectivity index (χ3v) is 5.78. The highest BCUT2D eigenvalue weighted by Gasteiger charge is 2.31.